The van der Waals surface area contributed by atoms with Gasteiger partial charge in [0, 0.05) is 16.6 Å². The lowest BCUT2D eigenvalue weighted by molar-refractivity contribution is -0.136. The Labute approximate surface area is 119 Å². The third kappa shape index (κ3) is 6.61. The van der Waals surface area contributed by atoms with E-state index in [0.29, 0.717) is 23.1 Å². The van der Waals surface area contributed by atoms with Crippen LogP contribution >= 0.6 is 15.9 Å². The van der Waals surface area contributed by atoms with Crippen molar-refractivity contribution in [3.05, 3.63) is 40.9 Å². The van der Waals surface area contributed by atoms with Gasteiger partial charge < -0.3 is 15.7 Å². The highest BCUT2D eigenvalue weighted by Gasteiger charge is 2.03. The van der Waals surface area contributed by atoms with E-state index in [1.807, 2.05) is 6.07 Å². The van der Waals surface area contributed by atoms with Crippen molar-refractivity contribution in [2.75, 3.05) is 11.9 Å². The van der Waals surface area contributed by atoms with E-state index in [2.05, 4.69) is 33.1 Å². The van der Waals surface area contributed by atoms with Gasteiger partial charge in [0.2, 0.25) is 0 Å². The average Bonchev–Trinajstić information content (AvgIpc) is 2.34. The molecule has 0 saturated carbocycles. The second-order valence-corrected chi connectivity index (χ2v) is 5.04. The Kier molecular flexibility index (Phi) is 6.08. The summed E-state index contributed by atoms with van der Waals surface area (Å²) in [5.74, 6) is -0.841. The van der Waals surface area contributed by atoms with E-state index in [-0.39, 0.29) is 12.5 Å². The van der Waals surface area contributed by atoms with Crippen molar-refractivity contribution in [3.63, 3.8) is 0 Å². The largest absolute Gasteiger partial charge is 0.481 e. The molecule has 0 fully saturated rings. The topological polar surface area (TPSA) is 78.4 Å². The van der Waals surface area contributed by atoms with Crippen LogP contribution in [0.1, 0.15) is 12.0 Å². The molecule has 102 valence electrons. The molecule has 5 nitrogen and oxygen atoms in total. The van der Waals surface area contributed by atoms with Crippen molar-refractivity contribution in [1.29, 1.82) is 0 Å². The number of amides is 2. The summed E-state index contributed by atoms with van der Waals surface area (Å²) in [5.41, 5.74) is 1.49. The monoisotopic (exact) mass is 326 g/mol. The molecule has 0 aromatic heterocycles. The zero-order valence-corrected chi connectivity index (χ0v) is 11.9. The number of hydrogen-bond donors (Lipinski definition) is 3. The summed E-state index contributed by atoms with van der Waals surface area (Å²) >= 11 is 3.14. The van der Waals surface area contributed by atoms with Crippen molar-refractivity contribution >= 4 is 33.6 Å². The van der Waals surface area contributed by atoms with Gasteiger partial charge >= 0.3 is 12.0 Å². The van der Waals surface area contributed by atoms with E-state index < -0.39 is 5.97 Å². The third-order valence-electron chi connectivity index (χ3n) is 2.25. The Balaban J connectivity index is 2.54. The Morgan fingerprint density at radius 3 is 2.74 bits per heavy atom. The highest BCUT2D eigenvalue weighted by molar-refractivity contribution is 9.11. The van der Waals surface area contributed by atoms with Crippen LogP contribution in [0.3, 0.4) is 0 Å². The molecule has 0 radical (unpaired) electrons. The highest BCUT2D eigenvalue weighted by atomic mass is 79.9. The standard InChI is InChI=1S/C13H15BrN2O3/c1-9(14)8-15-13(19)16-11-4-2-3-10(7-11)5-6-12(17)18/h2-4,7H,1,5-6,8H2,(H,17,18)(H2,15,16,19). The number of nitrogens with one attached hydrogen (secondary N) is 2. The molecule has 0 aliphatic carbocycles. The first-order valence-electron chi connectivity index (χ1n) is 5.66. The Bertz CT molecular complexity index is 489. The number of carbonyl (C=O) groups is 2. The lowest BCUT2D eigenvalue weighted by Crippen LogP contribution is -2.29. The van der Waals surface area contributed by atoms with Gasteiger partial charge in [-0.15, -0.1) is 0 Å². The molecule has 0 aliphatic heterocycles. The number of carboxylic acid groups (broad SMARTS) is 1. The quantitative estimate of drug-likeness (QED) is 0.752. The number of aryl methyl sites for hydroxylation is 1. The van der Waals surface area contributed by atoms with Crippen molar-refractivity contribution in [1.82, 2.24) is 5.32 Å². The lowest BCUT2D eigenvalue weighted by atomic mass is 10.1. The minimum absolute atomic E-state index is 0.0685. The van der Waals surface area contributed by atoms with Gasteiger partial charge in [-0.05, 0) is 24.1 Å². The van der Waals surface area contributed by atoms with E-state index in [1.54, 1.807) is 18.2 Å². The number of rotatable bonds is 6. The molecule has 0 aliphatic rings. The molecule has 3 N–H and O–H groups in total. The first-order chi connectivity index (χ1) is 8.97. The van der Waals surface area contributed by atoms with Crippen LogP contribution in [0.25, 0.3) is 0 Å². The molecule has 2 amide bonds. The fourth-order valence-corrected chi connectivity index (χ4v) is 1.55. The highest BCUT2D eigenvalue weighted by Crippen LogP contribution is 2.12. The zero-order valence-electron chi connectivity index (χ0n) is 10.3. The smallest absolute Gasteiger partial charge is 0.319 e. The van der Waals surface area contributed by atoms with Crippen LogP contribution in [0, 0.1) is 0 Å². The molecule has 19 heavy (non-hydrogen) atoms. The number of halogens is 1. The molecule has 1 aromatic carbocycles. The predicted octanol–water partition coefficient (Wildman–Crippen LogP) is 2.73. The van der Waals surface area contributed by atoms with Crippen LogP contribution in [0.5, 0.6) is 0 Å². The van der Waals surface area contributed by atoms with Crippen LogP contribution in [0.2, 0.25) is 0 Å². The maximum absolute atomic E-state index is 11.5. The van der Waals surface area contributed by atoms with Crippen LogP contribution in [0.15, 0.2) is 35.3 Å². The zero-order chi connectivity index (χ0) is 14.3. The molecule has 6 heteroatoms. The number of anilines is 1. The van der Waals surface area contributed by atoms with Gasteiger partial charge in [-0.2, -0.15) is 0 Å². The first-order valence-corrected chi connectivity index (χ1v) is 6.45. The molecule has 0 heterocycles. The molecule has 0 saturated heterocycles. The molecule has 0 bridgehead atoms. The molecule has 0 unspecified atom stereocenters. The second kappa shape index (κ2) is 7.58. The summed E-state index contributed by atoms with van der Waals surface area (Å²) in [7, 11) is 0. The van der Waals surface area contributed by atoms with Gasteiger partial charge in [-0.3, -0.25) is 4.79 Å². The van der Waals surface area contributed by atoms with Crippen LogP contribution < -0.4 is 10.6 Å². The Hall–Kier alpha value is -1.82. The van der Waals surface area contributed by atoms with Crippen molar-refractivity contribution in [2.45, 2.75) is 12.8 Å². The third-order valence-corrected chi connectivity index (χ3v) is 2.53. The minimum Gasteiger partial charge on any atom is -0.481 e. The SMILES string of the molecule is C=C(Br)CNC(=O)Nc1cccc(CCC(=O)O)c1. The summed E-state index contributed by atoms with van der Waals surface area (Å²) < 4.78 is 0.679. The molecule has 0 atom stereocenters. The van der Waals surface area contributed by atoms with E-state index in [9.17, 15) is 9.59 Å². The summed E-state index contributed by atoms with van der Waals surface area (Å²) in [5, 5.41) is 13.9. The molecule has 0 spiro atoms. The van der Waals surface area contributed by atoms with E-state index in [1.165, 1.54) is 0 Å². The van der Waals surface area contributed by atoms with Gasteiger partial charge in [0.25, 0.3) is 0 Å². The fourth-order valence-electron chi connectivity index (χ4n) is 1.41. The van der Waals surface area contributed by atoms with Gasteiger partial charge in [0.15, 0.2) is 0 Å². The van der Waals surface area contributed by atoms with Crippen molar-refractivity contribution in [3.8, 4) is 0 Å². The van der Waals surface area contributed by atoms with Gasteiger partial charge in [-0.1, -0.05) is 34.6 Å². The molecular formula is C13H15BrN2O3. The minimum atomic E-state index is -0.841. The predicted molar refractivity (Wildman–Crippen MR) is 77.5 cm³/mol. The number of benzene rings is 1. The summed E-state index contributed by atoms with van der Waals surface area (Å²) in [6, 6.07) is 6.76. The lowest BCUT2D eigenvalue weighted by Gasteiger charge is -2.08. The van der Waals surface area contributed by atoms with Gasteiger partial charge in [-0.25, -0.2) is 4.79 Å². The number of carboxylic acids is 1. The Morgan fingerprint density at radius 1 is 1.37 bits per heavy atom. The number of carbonyl (C=O) groups excluding carboxylic acids is 1. The van der Waals surface area contributed by atoms with Crippen LogP contribution in [-0.2, 0) is 11.2 Å². The summed E-state index contributed by atoms with van der Waals surface area (Å²) in [6.07, 6.45) is 0.504. The van der Waals surface area contributed by atoms with Crippen molar-refractivity contribution in [2.24, 2.45) is 0 Å². The van der Waals surface area contributed by atoms with E-state index >= 15 is 0 Å². The van der Waals surface area contributed by atoms with Gasteiger partial charge in [0.05, 0.1) is 6.54 Å². The number of urea groups is 1. The van der Waals surface area contributed by atoms with Gasteiger partial charge in [0.1, 0.15) is 0 Å². The van der Waals surface area contributed by atoms with Crippen LogP contribution in [0.4, 0.5) is 10.5 Å². The average molecular weight is 327 g/mol. The van der Waals surface area contributed by atoms with Crippen molar-refractivity contribution < 1.29 is 14.7 Å². The summed E-state index contributed by atoms with van der Waals surface area (Å²) in [4.78, 5) is 22.0. The Morgan fingerprint density at radius 2 is 2.11 bits per heavy atom. The van der Waals surface area contributed by atoms with E-state index in [0.717, 1.165) is 5.56 Å². The number of hydrogen-bond acceptors (Lipinski definition) is 2. The summed E-state index contributed by atoms with van der Waals surface area (Å²) in [6.45, 7) is 3.95. The normalized spacial score (nSPS) is 9.74. The van der Waals surface area contributed by atoms with E-state index in [4.69, 9.17) is 5.11 Å². The molecular weight excluding hydrogens is 312 g/mol. The maximum atomic E-state index is 11.5. The number of aliphatic carboxylic acids is 1. The molecule has 1 rings (SSSR count). The molecule has 1 aromatic rings. The van der Waals surface area contributed by atoms with Crippen LogP contribution in [-0.4, -0.2) is 23.7 Å². The first kappa shape index (κ1) is 15.2. The second-order valence-electron chi connectivity index (χ2n) is 3.92. The maximum Gasteiger partial charge on any atom is 0.319 e. The fraction of sp³-hybridized carbons (Fsp3) is 0.231.